The van der Waals surface area contributed by atoms with Gasteiger partial charge in [-0.25, -0.2) is 14.6 Å². The Morgan fingerprint density at radius 1 is 0.810 bits per heavy atom. The van der Waals surface area contributed by atoms with Gasteiger partial charge >= 0.3 is 18.0 Å². The fraction of sp³-hybridized carbons (Fsp3) is 0.500. The first-order chi connectivity index (χ1) is 30.2. The molecule has 0 spiro atoms. The van der Waals surface area contributed by atoms with Gasteiger partial charge in [0.15, 0.2) is 0 Å². The second kappa shape index (κ2) is 26.1. The average molecular weight is 912 g/mol. The Kier molecular flexibility index (Phi) is 21.1. The number of aromatic carboxylic acids is 1. The third kappa shape index (κ3) is 16.4. The Hall–Kier alpha value is -4.81. The van der Waals surface area contributed by atoms with Gasteiger partial charge < -0.3 is 49.2 Å². The van der Waals surface area contributed by atoms with Crippen LogP contribution in [0.2, 0.25) is 0 Å². The third-order valence-corrected chi connectivity index (χ3v) is 12.7. The molecule has 15 nitrogen and oxygen atoms in total. The van der Waals surface area contributed by atoms with Gasteiger partial charge in [-0.05, 0) is 102 Å². The average Bonchev–Trinajstić information content (AvgIpc) is 3.23. The van der Waals surface area contributed by atoms with Crippen molar-refractivity contribution in [1.29, 1.82) is 0 Å². The van der Waals surface area contributed by atoms with Gasteiger partial charge in [0.1, 0.15) is 23.8 Å². The van der Waals surface area contributed by atoms with Crippen molar-refractivity contribution in [1.82, 2.24) is 10.6 Å². The molecule has 1 aliphatic carbocycles. The van der Waals surface area contributed by atoms with E-state index >= 15 is 0 Å². The van der Waals surface area contributed by atoms with E-state index in [1.54, 1.807) is 27.7 Å². The summed E-state index contributed by atoms with van der Waals surface area (Å²) in [6.45, 7) is 17.9. The van der Waals surface area contributed by atoms with Crippen LogP contribution >= 0.6 is 21.6 Å². The van der Waals surface area contributed by atoms with E-state index in [9.17, 15) is 24.3 Å². The maximum atomic E-state index is 13.4. The van der Waals surface area contributed by atoms with Gasteiger partial charge in [-0.15, -0.1) is 0 Å². The quantitative estimate of drug-likeness (QED) is 0.0147. The Morgan fingerprint density at radius 3 is 2.24 bits per heavy atom. The summed E-state index contributed by atoms with van der Waals surface area (Å²) in [6, 6.07) is 12.5. The minimum absolute atomic E-state index is 0.0624. The Balaban J connectivity index is 1.21. The lowest BCUT2D eigenvalue weighted by Gasteiger charge is -2.22. The molecule has 344 valence electrons. The number of nitrogens with one attached hydrogen (secondary N) is 4. The van der Waals surface area contributed by atoms with Gasteiger partial charge in [0.2, 0.25) is 5.36 Å². The maximum absolute atomic E-state index is 13.4. The number of ether oxygens (including phenoxy) is 5. The topological polar surface area (TPSA) is 198 Å². The molecule has 0 saturated carbocycles. The standard InChI is InChI=1S/C46H62N4O11S2/c1-8-47-38-27-40-36(24-30(38)3)42(37-25-31(4)39(48-9-2)28-41(37)61-40)35-26-33(12-13-34(35)44(53)54)43(52)49-15-20-56-22-23-57-21-16-50-45(55)60-19-14-46(6,7)63-62-29-58-17-10-11-18-59-32(5)51/h12-13,24-28,47H,8-11,14-23,29H2,1-7H3,(H,49,52)(H,50,55)(H,53,54)/p+1. The van der Waals surface area contributed by atoms with E-state index in [1.807, 2.05) is 52.0 Å². The number of benzene rings is 3. The maximum Gasteiger partial charge on any atom is 0.407 e. The minimum Gasteiger partial charge on any atom is -0.478 e. The van der Waals surface area contributed by atoms with Crippen LogP contribution in [0.25, 0.3) is 33.4 Å². The molecular weight excluding hydrogens is 849 g/mol. The molecule has 0 bridgehead atoms. The largest absolute Gasteiger partial charge is 0.478 e. The molecule has 0 fully saturated rings. The Morgan fingerprint density at radius 2 is 1.54 bits per heavy atom. The molecular formula is C46H63N4O11S2+. The van der Waals surface area contributed by atoms with Crippen LogP contribution in [-0.4, -0.2) is 112 Å². The number of rotatable bonds is 27. The Bertz CT molecular complexity index is 2190. The summed E-state index contributed by atoms with van der Waals surface area (Å²) in [5.41, 5.74) is 5.60. The van der Waals surface area contributed by atoms with E-state index in [4.69, 9.17) is 28.1 Å². The van der Waals surface area contributed by atoms with Gasteiger partial charge in [0.25, 0.3) is 5.91 Å². The van der Waals surface area contributed by atoms with E-state index in [-0.39, 0.29) is 61.7 Å². The lowest BCUT2D eigenvalue weighted by atomic mass is 9.88. The summed E-state index contributed by atoms with van der Waals surface area (Å²) in [4.78, 5) is 52.4. The van der Waals surface area contributed by atoms with Crippen molar-refractivity contribution < 1.29 is 57.4 Å². The Labute approximate surface area is 377 Å². The number of anilines is 1. The van der Waals surface area contributed by atoms with E-state index in [0.29, 0.717) is 60.2 Å². The molecule has 0 unspecified atom stereocenters. The molecule has 2 aliphatic rings. The number of hydrogen-bond acceptors (Lipinski definition) is 13. The van der Waals surface area contributed by atoms with Crippen molar-refractivity contribution in [3.05, 3.63) is 70.1 Å². The second-order valence-corrected chi connectivity index (χ2v) is 18.2. The first-order valence-corrected chi connectivity index (χ1v) is 23.6. The number of carbonyl (C=O) groups excluding carboxylic acids is 3. The number of carboxylic acid groups (broad SMARTS) is 1. The normalized spacial score (nSPS) is 11.8. The highest BCUT2D eigenvalue weighted by atomic mass is 33.1. The summed E-state index contributed by atoms with van der Waals surface area (Å²) < 4.78 is 33.4. The number of hydrogen-bond donors (Lipinski definition) is 5. The van der Waals surface area contributed by atoms with Gasteiger partial charge in [-0.2, -0.15) is 0 Å². The summed E-state index contributed by atoms with van der Waals surface area (Å²) in [5, 5.41) is 20.9. The molecule has 1 aliphatic heterocycles. The zero-order chi connectivity index (χ0) is 45.8. The van der Waals surface area contributed by atoms with Gasteiger partial charge in [-0.1, -0.05) is 21.6 Å². The minimum atomic E-state index is -1.11. The van der Waals surface area contributed by atoms with Gasteiger partial charge in [0, 0.05) is 77.3 Å². The molecule has 0 radical (unpaired) electrons. The number of fused-ring (bicyclic) bond motifs is 2. The summed E-state index contributed by atoms with van der Waals surface area (Å²) in [6.07, 6.45) is 1.75. The van der Waals surface area contributed by atoms with Crippen molar-refractivity contribution in [3.8, 4) is 22.5 Å². The zero-order valence-corrected chi connectivity index (χ0v) is 39.1. The van der Waals surface area contributed by atoms with E-state index < -0.39 is 12.1 Å². The lowest BCUT2D eigenvalue weighted by molar-refractivity contribution is -0.496. The van der Waals surface area contributed by atoms with Crippen LogP contribution in [0, 0.1) is 13.8 Å². The first kappa shape index (κ1) is 50.8. The number of aryl methyl sites for hydroxylation is 2. The van der Waals surface area contributed by atoms with Gasteiger partial charge in [-0.3, -0.25) is 9.59 Å². The van der Waals surface area contributed by atoms with Crippen LogP contribution in [0.3, 0.4) is 0 Å². The number of amides is 2. The molecule has 63 heavy (non-hydrogen) atoms. The van der Waals surface area contributed by atoms with Crippen LogP contribution in [0.15, 0.2) is 46.9 Å². The monoisotopic (exact) mass is 911 g/mol. The highest BCUT2D eigenvalue weighted by Gasteiger charge is 2.25. The predicted octanol–water partition coefficient (Wildman–Crippen LogP) is 6.31. The molecule has 2 aromatic rings. The van der Waals surface area contributed by atoms with Gasteiger partial charge in [0.05, 0.1) is 51.3 Å². The van der Waals surface area contributed by atoms with Crippen LogP contribution < -0.4 is 26.3 Å². The fourth-order valence-electron chi connectivity index (χ4n) is 6.50. The number of alkyl carbamates (subject to hydrolysis) is 1. The summed E-state index contributed by atoms with van der Waals surface area (Å²) in [5.74, 6) is -0.631. The molecule has 2 aromatic carbocycles. The number of esters is 1. The fourth-order valence-corrected chi connectivity index (χ4v) is 8.77. The van der Waals surface area contributed by atoms with Crippen LogP contribution in [0.1, 0.15) is 85.7 Å². The van der Waals surface area contributed by atoms with E-state index in [2.05, 4.69) is 34.8 Å². The van der Waals surface area contributed by atoms with E-state index in [0.717, 1.165) is 59.1 Å². The number of unbranched alkanes of at least 4 members (excludes halogenated alkanes) is 1. The SMILES string of the molecule is CCNc1cc2oc3cc(=[NH+]CC)c(C)cc-3c(-c3cc(C(=O)NCCOCCOCCNC(=O)OCCC(C)(C)SSCOCCCCOC(C)=O)ccc3C(=O)O)c2cc1C. The first-order valence-electron chi connectivity index (χ1n) is 21.3. The lowest BCUT2D eigenvalue weighted by Crippen LogP contribution is -2.76. The molecule has 5 N–H and O–H groups in total. The highest BCUT2D eigenvalue weighted by molar-refractivity contribution is 8.77. The summed E-state index contributed by atoms with van der Waals surface area (Å²) >= 11 is 0. The van der Waals surface area contributed by atoms with Crippen molar-refractivity contribution >= 4 is 62.2 Å². The molecule has 0 atom stereocenters. The smallest absolute Gasteiger partial charge is 0.407 e. The van der Waals surface area contributed by atoms with E-state index in [1.165, 1.54) is 19.1 Å². The molecule has 0 saturated heterocycles. The van der Waals surface area contributed by atoms with Crippen molar-refractivity contribution in [3.63, 3.8) is 0 Å². The third-order valence-electron chi connectivity index (χ3n) is 9.69. The summed E-state index contributed by atoms with van der Waals surface area (Å²) in [7, 11) is 3.28. The molecule has 1 heterocycles. The number of carboxylic acids is 1. The molecule has 2 amide bonds. The van der Waals surface area contributed by atoms with Crippen molar-refractivity contribution in [2.75, 3.05) is 83.7 Å². The zero-order valence-electron chi connectivity index (χ0n) is 37.5. The predicted molar refractivity (Wildman–Crippen MR) is 247 cm³/mol. The number of carbonyl (C=O) groups is 4. The van der Waals surface area contributed by atoms with Crippen molar-refractivity contribution in [2.24, 2.45) is 0 Å². The molecule has 0 aromatic heterocycles. The van der Waals surface area contributed by atoms with Crippen LogP contribution in [-0.2, 0) is 28.5 Å². The highest BCUT2D eigenvalue weighted by Crippen LogP contribution is 2.43. The molecule has 4 rings (SSSR count). The molecule has 17 heteroatoms. The van der Waals surface area contributed by atoms with Crippen molar-refractivity contribution in [2.45, 2.75) is 72.5 Å². The second-order valence-electron chi connectivity index (χ2n) is 15.3. The van der Waals surface area contributed by atoms with Crippen LogP contribution in [0.5, 0.6) is 0 Å². The van der Waals surface area contributed by atoms with Crippen LogP contribution in [0.4, 0.5) is 10.5 Å².